The van der Waals surface area contributed by atoms with E-state index in [0.717, 1.165) is 13.1 Å². The van der Waals surface area contributed by atoms with Gasteiger partial charge in [-0.3, -0.25) is 0 Å². The van der Waals surface area contributed by atoms with E-state index in [-0.39, 0.29) is 0 Å². The van der Waals surface area contributed by atoms with Crippen LogP contribution in [0.25, 0.3) is 0 Å². The highest BCUT2D eigenvalue weighted by Crippen LogP contribution is 1.99. The summed E-state index contributed by atoms with van der Waals surface area (Å²) in [5.41, 5.74) is 0. The van der Waals surface area contributed by atoms with Crippen LogP contribution in [0.5, 0.6) is 0 Å². The molecule has 1 unspecified atom stereocenters. The maximum absolute atomic E-state index is 3.66. The van der Waals surface area contributed by atoms with Gasteiger partial charge in [-0.05, 0) is 19.4 Å². The van der Waals surface area contributed by atoms with Crippen molar-refractivity contribution in [2.24, 2.45) is 0 Å². The topological polar surface area (TPSA) is 24.1 Å². The molecule has 1 fully saturated rings. The maximum Gasteiger partial charge on any atom is 0.0195 e. The van der Waals surface area contributed by atoms with Crippen molar-refractivity contribution in [1.29, 1.82) is 0 Å². The molecule has 0 spiro atoms. The monoisotopic (exact) mass is 140 g/mol. The molecule has 2 heteroatoms. The summed E-state index contributed by atoms with van der Waals surface area (Å²) in [6.07, 6.45) is 4.52. The summed E-state index contributed by atoms with van der Waals surface area (Å²) < 4.78 is 0. The molecular formula is C8H16N2. The number of hydrogen-bond acceptors (Lipinski definition) is 2. The quantitative estimate of drug-likeness (QED) is 0.558. The van der Waals surface area contributed by atoms with Gasteiger partial charge in [-0.2, -0.15) is 0 Å². The van der Waals surface area contributed by atoms with Gasteiger partial charge in [0, 0.05) is 19.1 Å². The van der Waals surface area contributed by atoms with Gasteiger partial charge < -0.3 is 10.6 Å². The summed E-state index contributed by atoms with van der Waals surface area (Å²) in [5, 5.41) is 6.74. The van der Waals surface area contributed by atoms with Crippen LogP contribution < -0.4 is 10.6 Å². The SMILES string of the molecule is C=CCNC1CCCNC1. The van der Waals surface area contributed by atoms with E-state index in [2.05, 4.69) is 17.2 Å². The highest BCUT2D eigenvalue weighted by atomic mass is 15.0. The molecular weight excluding hydrogens is 124 g/mol. The zero-order valence-corrected chi connectivity index (χ0v) is 6.40. The lowest BCUT2D eigenvalue weighted by molar-refractivity contribution is 0.402. The van der Waals surface area contributed by atoms with Crippen molar-refractivity contribution in [1.82, 2.24) is 10.6 Å². The lowest BCUT2D eigenvalue weighted by Crippen LogP contribution is -2.42. The number of nitrogens with one attached hydrogen (secondary N) is 2. The minimum Gasteiger partial charge on any atom is -0.315 e. The molecule has 0 saturated carbocycles. The van der Waals surface area contributed by atoms with Gasteiger partial charge in [0.05, 0.1) is 0 Å². The van der Waals surface area contributed by atoms with Crippen LogP contribution in [0.4, 0.5) is 0 Å². The molecule has 0 aromatic heterocycles. The van der Waals surface area contributed by atoms with Crippen LogP contribution in [0, 0.1) is 0 Å². The predicted molar refractivity (Wildman–Crippen MR) is 44.1 cm³/mol. The zero-order chi connectivity index (χ0) is 7.23. The highest BCUT2D eigenvalue weighted by molar-refractivity contribution is 4.79. The molecule has 0 bridgehead atoms. The fourth-order valence-electron chi connectivity index (χ4n) is 1.28. The normalized spacial score (nSPS) is 26.2. The molecule has 1 aliphatic rings. The standard InChI is InChI=1S/C8H16N2/c1-2-5-10-8-4-3-6-9-7-8/h2,8-10H,1,3-7H2. The second-order valence-electron chi connectivity index (χ2n) is 2.74. The van der Waals surface area contributed by atoms with Crippen molar-refractivity contribution in [3.8, 4) is 0 Å². The van der Waals surface area contributed by atoms with E-state index >= 15 is 0 Å². The molecule has 1 aliphatic heterocycles. The molecule has 2 nitrogen and oxygen atoms in total. The first-order valence-corrected chi connectivity index (χ1v) is 3.98. The Bertz CT molecular complexity index is 95.4. The van der Waals surface area contributed by atoms with Crippen molar-refractivity contribution in [3.63, 3.8) is 0 Å². The van der Waals surface area contributed by atoms with Gasteiger partial charge in [0.15, 0.2) is 0 Å². The van der Waals surface area contributed by atoms with Gasteiger partial charge in [0.25, 0.3) is 0 Å². The highest BCUT2D eigenvalue weighted by Gasteiger charge is 2.09. The van der Waals surface area contributed by atoms with Crippen LogP contribution in [-0.2, 0) is 0 Å². The molecule has 0 amide bonds. The Morgan fingerprint density at radius 1 is 1.70 bits per heavy atom. The fraction of sp³-hybridized carbons (Fsp3) is 0.750. The minimum absolute atomic E-state index is 0.673. The lowest BCUT2D eigenvalue weighted by Gasteiger charge is -2.23. The molecule has 10 heavy (non-hydrogen) atoms. The van der Waals surface area contributed by atoms with Crippen molar-refractivity contribution in [3.05, 3.63) is 12.7 Å². The van der Waals surface area contributed by atoms with Crippen molar-refractivity contribution < 1.29 is 0 Å². The molecule has 1 atom stereocenters. The van der Waals surface area contributed by atoms with Crippen LogP contribution in [0.15, 0.2) is 12.7 Å². The summed E-state index contributed by atoms with van der Waals surface area (Å²) in [5.74, 6) is 0. The van der Waals surface area contributed by atoms with E-state index in [1.807, 2.05) is 6.08 Å². The van der Waals surface area contributed by atoms with Gasteiger partial charge in [0.1, 0.15) is 0 Å². The maximum atomic E-state index is 3.66. The number of rotatable bonds is 3. The average molecular weight is 140 g/mol. The van der Waals surface area contributed by atoms with Gasteiger partial charge in [0.2, 0.25) is 0 Å². The molecule has 0 aromatic rings. The summed E-state index contributed by atoms with van der Waals surface area (Å²) in [6, 6.07) is 0.673. The minimum atomic E-state index is 0.673. The van der Waals surface area contributed by atoms with E-state index in [1.165, 1.54) is 19.4 Å². The summed E-state index contributed by atoms with van der Waals surface area (Å²) in [4.78, 5) is 0. The Balaban J connectivity index is 2.07. The molecule has 58 valence electrons. The molecule has 0 aromatic carbocycles. The summed E-state index contributed by atoms with van der Waals surface area (Å²) in [6.45, 7) is 6.90. The Morgan fingerprint density at radius 2 is 2.60 bits per heavy atom. The summed E-state index contributed by atoms with van der Waals surface area (Å²) >= 11 is 0. The second kappa shape index (κ2) is 4.47. The predicted octanol–water partition coefficient (Wildman–Crippen LogP) is 0.514. The fourth-order valence-corrected chi connectivity index (χ4v) is 1.28. The van der Waals surface area contributed by atoms with Crippen molar-refractivity contribution in [2.75, 3.05) is 19.6 Å². The molecule has 0 aliphatic carbocycles. The molecule has 1 saturated heterocycles. The third kappa shape index (κ3) is 2.50. The number of hydrogen-bond donors (Lipinski definition) is 2. The largest absolute Gasteiger partial charge is 0.315 e. The Morgan fingerprint density at radius 3 is 3.20 bits per heavy atom. The molecule has 0 radical (unpaired) electrons. The third-order valence-electron chi connectivity index (χ3n) is 1.85. The molecule has 2 N–H and O–H groups in total. The summed E-state index contributed by atoms with van der Waals surface area (Å²) in [7, 11) is 0. The smallest absolute Gasteiger partial charge is 0.0195 e. The van der Waals surface area contributed by atoms with E-state index in [0.29, 0.717) is 6.04 Å². The molecule has 1 heterocycles. The van der Waals surface area contributed by atoms with Crippen LogP contribution in [-0.4, -0.2) is 25.7 Å². The van der Waals surface area contributed by atoms with Crippen molar-refractivity contribution >= 4 is 0 Å². The Hall–Kier alpha value is -0.340. The van der Waals surface area contributed by atoms with E-state index in [4.69, 9.17) is 0 Å². The first kappa shape index (κ1) is 7.76. The van der Waals surface area contributed by atoms with E-state index in [1.54, 1.807) is 0 Å². The zero-order valence-electron chi connectivity index (χ0n) is 6.40. The van der Waals surface area contributed by atoms with Crippen LogP contribution in [0.3, 0.4) is 0 Å². The van der Waals surface area contributed by atoms with Gasteiger partial charge in [-0.15, -0.1) is 6.58 Å². The molecule has 1 rings (SSSR count). The Labute approximate surface area is 62.7 Å². The lowest BCUT2D eigenvalue weighted by atomic mass is 10.1. The van der Waals surface area contributed by atoms with Crippen LogP contribution in [0.2, 0.25) is 0 Å². The number of piperidine rings is 1. The second-order valence-corrected chi connectivity index (χ2v) is 2.74. The van der Waals surface area contributed by atoms with Gasteiger partial charge in [-0.25, -0.2) is 0 Å². The van der Waals surface area contributed by atoms with Crippen LogP contribution in [0.1, 0.15) is 12.8 Å². The van der Waals surface area contributed by atoms with E-state index in [9.17, 15) is 0 Å². The van der Waals surface area contributed by atoms with Gasteiger partial charge in [-0.1, -0.05) is 6.08 Å². The Kier molecular flexibility index (Phi) is 3.47. The van der Waals surface area contributed by atoms with Crippen molar-refractivity contribution in [2.45, 2.75) is 18.9 Å². The van der Waals surface area contributed by atoms with Gasteiger partial charge >= 0.3 is 0 Å². The van der Waals surface area contributed by atoms with E-state index < -0.39 is 0 Å². The first-order chi connectivity index (χ1) is 4.93. The third-order valence-corrected chi connectivity index (χ3v) is 1.85. The van der Waals surface area contributed by atoms with Crippen LogP contribution >= 0.6 is 0 Å². The first-order valence-electron chi connectivity index (χ1n) is 3.98. The average Bonchev–Trinajstić information content (AvgIpc) is 2.03.